The fraction of sp³-hybridized carbons (Fsp3) is 0. The molecule has 0 saturated heterocycles. The van der Waals surface area contributed by atoms with Gasteiger partial charge in [0.05, 0.1) is 0 Å². The van der Waals surface area contributed by atoms with E-state index in [0.717, 1.165) is 0 Å². The predicted molar refractivity (Wildman–Crippen MR) is 51.8 cm³/mol. The summed E-state index contributed by atoms with van der Waals surface area (Å²) < 4.78 is 5.25. The highest BCUT2D eigenvalue weighted by molar-refractivity contribution is 6.32. The van der Waals surface area contributed by atoms with E-state index in [2.05, 4.69) is 13.2 Å². The number of rotatable bonds is 3. The van der Waals surface area contributed by atoms with E-state index in [-0.39, 0.29) is 0 Å². The van der Waals surface area contributed by atoms with Gasteiger partial charge in [0.25, 0.3) is 0 Å². The van der Waals surface area contributed by atoms with Gasteiger partial charge in [-0.1, -0.05) is 30.8 Å². The molecule has 1 aromatic rings. The van der Waals surface area contributed by atoms with Crippen LogP contribution >= 0.6 is 0 Å². The van der Waals surface area contributed by atoms with Gasteiger partial charge in [-0.2, -0.15) is 0 Å². The summed E-state index contributed by atoms with van der Waals surface area (Å²) in [6.07, 6.45) is 1.55. The van der Waals surface area contributed by atoms with Crippen LogP contribution in [0.15, 0.2) is 49.3 Å². The normalized spacial score (nSPS) is 9.00. The van der Waals surface area contributed by atoms with Crippen molar-refractivity contribution in [3.63, 3.8) is 0 Å². The molecule has 0 bridgehead atoms. The molecule has 0 heterocycles. The molecule has 0 unspecified atom stereocenters. The van der Waals surface area contributed by atoms with Gasteiger partial charge in [0.15, 0.2) is 0 Å². The molecule has 0 saturated carbocycles. The zero-order chi connectivity index (χ0) is 8.97. The summed E-state index contributed by atoms with van der Waals surface area (Å²) in [4.78, 5) is 0. The molecule has 2 heteroatoms. The van der Waals surface area contributed by atoms with Gasteiger partial charge < -0.3 is 4.74 Å². The van der Waals surface area contributed by atoms with E-state index in [1.165, 1.54) is 0 Å². The minimum atomic E-state index is 0.528. The summed E-state index contributed by atoms with van der Waals surface area (Å²) >= 11 is 0. The Morgan fingerprint density at radius 1 is 1.33 bits per heavy atom. The lowest BCUT2D eigenvalue weighted by Crippen LogP contribution is -2.00. The van der Waals surface area contributed by atoms with Crippen molar-refractivity contribution in [1.82, 2.24) is 0 Å². The van der Waals surface area contributed by atoms with Crippen LogP contribution in [0.1, 0.15) is 0 Å². The van der Waals surface area contributed by atoms with Gasteiger partial charge in [-0.25, -0.2) is 0 Å². The molecule has 0 aromatic heterocycles. The molecule has 1 rings (SSSR count). The summed E-state index contributed by atoms with van der Waals surface area (Å²) in [5, 5.41) is 0. The molecule has 2 radical (unpaired) electrons. The molecule has 0 amide bonds. The standard InChI is InChI=1S/C10H9BO/c1-3-8(2)12-10-6-4-9(11)5-7-10/h3-7H,1-2H2. The maximum Gasteiger partial charge on any atom is 0.127 e. The van der Waals surface area contributed by atoms with Crippen molar-refractivity contribution >= 4 is 13.3 Å². The second kappa shape index (κ2) is 3.81. The van der Waals surface area contributed by atoms with Crippen molar-refractivity contribution in [3.05, 3.63) is 49.3 Å². The van der Waals surface area contributed by atoms with Gasteiger partial charge in [0.2, 0.25) is 0 Å². The van der Waals surface area contributed by atoms with Crippen molar-refractivity contribution in [2.75, 3.05) is 0 Å². The maximum atomic E-state index is 5.49. The number of ether oxygens (including phenoxy) is 1. The summed E-state index contributed by atoms with van der Waals surface area (Å²) in [6.45, 7) is 7.14. The number of hydrogen-bond acceptors (Lipinski definition) is 1. The van der Waals surface area contributed by atoms with E-state index in [0.29, 0.717) is 17.0 Å². The summed E-state index contributed by atoms with van der Waals surface area (Å²) in [5.74, 6) is 1.24. The van der Waals surface area contributed by atoms with Crippen molar-refractivity contribution in [1.29, 1.82) is 0 Å². The first kappa shape index (κ1) is 8.66. The minimum Gasteiger partial charge on any atom is -0.458 e. The monoisotopic (exact) mass is 156 g/mol. The summed E-state index contributed by atoms with van der Waals surface area (Å²) in [7, 11) is 5.49. The molecule has 0 aliphatic heterocycles. The quantitative estimate of drug-likeness (QED) is 0.366. The Balaban J connectivity index is 2.71. The number of allylic oxidation sites excluding steroid dienone is 1. The van der Waals surface area contributed by atoms with E-state index >= 15 is 0 Å². The van der Waals surface area contributed by atoms with Crippen LogP contribution in [-0.4, -0.2) is 7.85 Å². The Bertz CT molecular complexity index is 287. The Kier molecular flexibility index (Phi) is 2.75. The van der Waals surface area contributed by atoms with E-state index < -0.39 is 0 Å². The van der Waals surface area contributed by atoms with E-state index in [4.69, 9.17) is 12.6 Å². The van der Waals surface area contributed by atoms with E-state index in [1.807, 2.05) is 0 Å². The SMILES string of the molecule is [B]c1ccc(OC(=C)C=C)cc1. The predicted octanol–water partition coefficient (Wildman–Crippen LogP) is 1.56. The molecular weight excluding hydrogens is 147 g/mol. The fourth-order valence-electron chi connectivity index (χ4n) is 0.729. The average molecular weight is 156 g/mol. The van der Waals surface area contributed by atoms with Crippen LogP contribution < -0.4 is 10.2 Å². The zero-order valence-corrected chi connectivity index (χ0v) is 6.79. The van der Waals surface area contributed by atoms with Gasteiger partial charge >= 0.3 is 0 Å². The first-order valence-electron chi connectivity index (χ1n) is 3.57. The molecule has 0 spiro atoms. The van der Waals surface area contributed by atoms with Gasteiger partial charge in [0.1, 0.15) is 19.4 Å². The lowest BCUT2D eigenvalue weighted by molar-refractivity contribution is 0.447. The van der Waals surface area contributed by atoms with Crippen LogP contribution in [0.2, 0.25) is 0 Å². The smallest absolute Gasteiger partial charge is 0.127 e. The number of hydrogen-bond donors (Lipinski definition) is 0. The second-order valence-corrected chi connectivity index (χ2v) is 2.34. The van der Waals surface area contributed by atoms with Crippen molar-refractivity contribution < 1.29 is 4.74 Å². The Hall–Kier alpha value is -1.44. The van der Waals surface area contributed by atoms with Crippen LogP contribution in [0.4, 0.5) is 0 Å². The summed E-state index contributed by atoms with van der Waals surface area (Å²) in [5.41, 5.74) is 0.714. The Morgan fingerprint density at radius 2 is 1.92 bits per heavy atom. The molecule has 1 aromatic carbocycles. The molecule has 1 nitrogen and oxygen atoms in total. The highest BCUT2D eigenvalue weighted by atomic mass is 16.5. The molecule has 0 fully saturated rings. The third kappa shape index (κ3) is 2.31. The molecule has 0 N–H and O–H groups in total. The molecule has 58 valence electrons. The van der Waals surface area contributed by atoms with Gasteiger partial charge in [0, 0.05) is 0 Å². The minimum absolute atomic E-state index is 0.528. The highest BCUT2D eigenvalue weighted by Gasteiger charge is 1.92. The Morgan fingerprint density at radius 3 is 2.42 bits per heavy atom. The maximum absolute atomic E-state index is 5.49. The van der Waals surface area contributed by atoms with E-state index in [1.54, 1.807) is 30.3 Å². The van der Waals surface area contributed by atoms with Gasteiger partial charge in [-0.3, -0.25) is 0 Å². The topological polar surface area (TPSA) is 9.23 Å². The lowest BCUT2D eigenvalue weighted by atomic mass is 9.97. The lowest BCUT2D eigenvalue weighted by Gasteiger charge is -2.04. The average Bonchev–Trinajstić information content (AvgIpc) is 2.09. The third-order valence-electron chi connectivity index (χ3n) is 1.36. The molecule has 0 aliphatic rings. The fourth-order valence-corrected chi connectivity index (χ4v) is 0.729. The first-order chi connectivity index (χ1) is 5.72. The van der Waals surface area contributed by atoms with Crippen LogP contribution in [0, 0.1) is 0 Å². The van der Waals surface area contributed by atoms with Crippen LogP contribution in [0.25, 0.3) is 0 Å². The highest BCUT2D eigenvalue weighted by Crippen LogP contribution is 2.10. The largest absolute Gasteiger partial charge is 0.458 e. The molecule has 0 aliphatic carbocycles. The number of benzene rings is 1. The summed E-state index contributed by atoms with van der Waals surface area (Å²) in [6, 6.07) is 7.10. The first-order valence-corrected chi connectivity index (χ1v) is 3.57. The molecule has 12 heavy (non-hydrogen) atoms. The Labute approximate surface area is 73.8 Å². The van der Waals surface area contributed by atoms with Crippen molar-refractivity contribution in [2.24, 2.45) is 0 Å². The van der Waals surface area contributed by atoms with Crippen LogP contribution in [-0.2, 0) is 0 Å². The van der Waals surface area contributed by atoms with Crippen LogP contribution in [0.5, 0.6) is 5.75 Å². The second-order valence-electron chi connectivity index (χ2n) is 2.34. The zero-order valence-electron chi connectivity index (χ0n) is 6.79. The van der Waals surface area contributed by atoms with Crippen molar-refractivity contribution in [2.45, 2.75) is 0 Å². The van der Waals surface area contributed by atoms with Crippen LogP contribution in [0.3, 0.4) is 0 Å². The van der Waals surface area contributed by atoms with Gasteiger partial charge in [-0.15, -0.1) is 0 Å². The third-order valence-corrected chi connectivity index (χ3v) is 1.36. The molecule has 0 atom stereocenters. The van der Waals surface area contributed by atoms with Gasteiger partial charge in [-0.05, 0) is 18.2 Å². The van der Waals surface area contributed by atoms with E-state index in [9.17, 15) is 0 Å². The van der Waals surface area contributed by atoms with Crippen molar-refractivity contribution in [3.8, 4) is 5.75 Å². The molecular formula is C10H9BO.